The van der Waals surface area contributed by atoms with Crippen molar-refractivity contribution in [3.63, 3.8) is 0 Å². The Morgan fingerprint density at radius 1 is 1.44 bits per heavy atom. The van der Waals surface area contributed by atoms with Gasteiger partial charge in [-0.15, -0.1) is 11.3 Å². The summed E-state index contributed by atoms with van der Waals surface area (Å²) < 4.78 is 0. The minimum Gasteiger partial charge on any atom is -0.393 e. The van der Waals surface area contributed by atoms with Gasteiger partial charge in [0.1, 0.15) is 0 Å². The van der Waals surface area contributed by atoms with Crippen molar-refractivity contribution in [2.75, 3.05) is 24.5 Å². The van der Waals surface area contributed by atoms with Crippen molar-refractivity contribution < 1.29 is 5.11 Å². The molecule has 1 aromatic heterocycles. The first-order valence-electron chi connectivity index (χ1n) is 6.75. The van der Waals surface area contributed by atoms with Crippen molar-refractivity contribution in [3.8, 4) is 0 Å². The minimum absolute atomic E-state index is 0.190. The Labute approximate surface area is 114 Å². The molecule has 2 N–H and O–H groups in total. The second kappa shape index (κ2) is 8.45. The lowest BCUT2D eigenvalue weighted by Crippen LogP contribution is -2.21. The van der Waals surface area contributed by atoms with Gasteiger partial charge in [0.25, 0.3) is 0 Å². The molecule has 0 saturated carbocycles. The summed E-state index contributed by atoms with van der Waals surface area (Å²) in [6.45, 7) is 9.97. The lowest BCUT2D eigenvalue weighted by molar-refractivity contribution is 0.181. The van der Waals surface area contributed by atoms with Gasteiger partial charge in [-0.05, 0) is 40.2 Å². The number of rotatable bonds is 9. The smallest absolute Gasteiger partial charge is 0.185 e. The number of aliphatic hydroxyl groups excluding tert-OH is 1. The van der Waals surface area contributed by atoms with Gasteiger partial charge >= 0.3 is 0 Å². The zero-order valence-electron chi connectivity index (χ0n) is 11.6. The van der Waals surface area contributed by atoms with Crippen LogP contribution < -0.4 is 10.2 Å². The molecule has 18 heavy (non-hydrogen) atoms. The van der Waals surface area contributed by atoms with E-state index >= 15 is 0 Å². The Morgan fingerprint density at radius 3 is 2.78 bits per heavy atom. The quantitative estimate of drug-likeness (QED) is 0.676. The summed E-state index contributed by atoms with van der Waals surface area (Å²) in [5.74, 6) is 0. The standard InChI is InChI=1S/C13H25N3OS/c1-4-16(5-2)13-15-10-12(18-13)9-14-8-6-7-11(3)17/h10-11,14,17H,4-9H2,1-3H3. The predicted molar refractivity (Wildman–Crippen MR) is 78.3 cm³/mol. The molecule has 0 saturated heterocycles. The van der Waals surface area contributed by atoms with Crippen LogP contribution in [0.5, 0.6) is 0 Å². The van der Waals surface area contributed by atoms with Crippen molar-refractivity contribution in [2.45, 2.75) is 46.3 Å². The third kappa shape index (κ3) is 5.33. The molecule has 104 valence electrons. The van der Waals surface area contributed by atoms with Crippen molar-refractivity contribution in [1.29, 1.82) is 0 Å². The maximum absolute atomic E-state index is 9.15. The Hall–Kier alpha value is -0.650. The normalized spacial score (nSPS) is 12.7. The molecule has 0 spiro atoms. The molecule has 1 unspecified atom stereocenters. The largest absolute Gasteiger partial charge is 0.393 e. The van der Waals surface area contributed by atoms with Crippen LogP contribution in [0.1, 0.15) is 38.5 Å². The molecular weight excluding hydrogens is 246 g/mol. The second-order valence-corrected chi connectivity index (χ2v) is 5.54. The number of thiazole rings is 1. The van der Waals surface area contributed by atoms with E-state index in [1.54, 1.807) is 11.3 Å². The Kier molecular flexibility index (Phi) is 7.23. The van der Waals surface area contributed by atoms with Crippen LogP contribution in [-0.4, -0.2) is 35.8 Å². The summed E-state index contributed by atoms with van der Waals surface area (Å²) in [5.41, 5.74) is 0. The summed E-state index contributed by atoms with van der Waals surface area (Å²) in [7, 11) is 0. The van der Waals surface area contributed by atoms with Crippen molar-refractivity contribution in [1.82, 2.24) is 10.3 Å². The van der Waals surface area contributed by atoms with E-state index in [2.05, 4.69) is 29.0 Å². The topological polar surface area (TPSA) is 48.4 Å². The van der Waals surface area contributed by atoms with Gasteiger partial charge in [0.05, 0.1) is 6.10 Å². The first kappa shape index (κ1) is 15.4. The SMILES string of the molecule is CCN(CC)c1ncc(CNCCCC(C)O)s1. The van der Waals surface area contributed by atoms with Crippen LogP contribution >= 0.6 is 11.3 Å². The van der Waals surface area contributed by atoms with E-state index in [1.807, 2.05) is 13.1 Å². The van der Waals surface area contributed by atoms with E-state index in [9.17, 15) is 0 Å². The fourth-order valence-electron chi connectivity index (χ4n) is 1.75. The Balaban J connectivity index is 2.27. The molecule has 0 radical (unpaired) electrons. The molecule has 0 amide bonds. The number of nitrogens with one attached hydrogen (secondary N) is 1. The van der Waals surface area contributed by atoms with Gasteiger partial charge in [0.15, 0.2) is 5.13 Å². The molecule has 1 aromatic rings. The molecule has 4 nitrogen and oxygen atoms in total. The number of aromatic nitrogens is 1. The molecule has 0 bridgehead atoms. The fraction of sp³-hybridized carbons (Fsp3) is 0.769. The van der Waals surface area contributed by atoms with Crippen molar-refractivity contribution in [3.05, 3.63) is 11.1 Å². The molecule has 0 aromatic carbocycles. The highest BCUT2D eigenvalue weighted by Gasteiger charge is 2.07. The van der Waals surface area contributed by atoms with Crippen LogP contribution in [0.3, 0.4) is 0 Å². The average Bonchev–Trinajstić information content (AvgIpc) is 2.79. The average molecular weight is 271 g/mol. The van der Waals surface area contributed by atoms with E-state index < -0.39 is 0 Å². The summed E-state index contributed by atoms with van der Waals surface area (Å²) >= 11 is 1.76. The molecule has 1 rings (SSSR count). The number of hydrogen-bond donors (Lipinski definition) is 2. The molecule has 5 heteroatoms. The molecule has 1 heterocycles. The van der Waals surface area contributed by atoms with Crippen LogP contribution in [0.25, 0.3) is 0 Å². The van der Waals surface area contributed by atoms with E-state index in [4.69, 9.17) is 5.11 Å². The summed E-state index contributed by atoms with van der Waals surface area (Å²) in [5, 5.41) is 13.6. The lowest BCUT2D eigenvalue weighted by Gasteiger charge is -2.16. The molecule has 0 aliphatic heterocycles. The van der Waals surface area contributed by atoms with Gasteiger partial charge in [-0.3, -0.25) is 0 Å². The molecule has 0 fully saturated rings. The third-order valence-corrected chi connectivity index (χ3v) is 3.91. The molecule has 1 atom stereocenters. The van der Waals surface area contributed by atoms with Crippen LogP contribution in [0.4, 0.5) is 5.13 Å². The first-order valence-corrected chi connectivity index (χ1v) is 7.57. The van der Waals surface area contributed by atoms with Gasteiger partial charge in [0.2, 0.25) is 0 Å². The number of aliphatic hydroxyl groups is 1. The van der Waals surface area contributed by atoms with Gasteiger partial charge < -0.3 is 15.3 Å². The molecule has 0 aliphatic rings. The highest BCUT2D eigenvalue weighted by atomic mass is 32.1. The summed E-state index contributed by atoms with van der Waals surface area (Å²) in [6.07, 6.45) is 3.64. The van der Waals surface area contributed by atoms with E-state index in [-0.39, 0.29) is 6.10 Å². The van der Waals surface area contributed by atoms with E-state index in [1.165, 1.54) is 4.88 Å². The second-order valence-electron chi connectivity index (χ2n) is 4.45. The summed E-state index contributed by atoms with van der Waals surface area (Å²) in [6, 6.07) is 0. The first-order chi connectivity index (χ1) is 8.67. The monoisotopic (exact) mass is 271 g/mol. The van der Waals surface area contributed by atoms with Gasteiger partial charge in [-0.2, -0.15) is 0 Å². The zero-order valence-corrected chi connectivity index (χ0v) is 12.5. The van der Waals surface area contributed by atoms with Crippen LogP contribution in [0, 0.1) is 0 Å². The predicted octanol–water partition coefficient (Wildman–Crippen LogP) is 2.24. The van der Waals surface area contributed by atoms with Crippen molar-refractivity contribution >= 4 is 16.5 Å². The van der Waals surface area contributed by atoms with Crippen LogP contribution in [-0.2, 0) is 6.54 Å². The number of nitrogens with zero attached hydrogens (tertiary/aromatic N) is 2. The maximum Gasteiger partial charge on any atom is 0.185 e. The van der Waals surface area contributed by atoms with Crippen molar-refractivity contribution in [2.24, 2.45) is 0 Å². The Bertz CT molecular complexity index is 324. The van der Waals surface area contributed by atoms with Gasteiger partial charge in [0, 0.05) is 30.7 Å². The fourth-order valence-corrected chi connectivity index (χ4v) is 2.76. The van der Waals surface area contributed by atoms with E-state index in [0.717, 1.165) is 44.2 Å². The highest BCUT2D eigenvalue weighted by molar-refractivity contribution is 7.15. The number of anilines is 1. The highest BCUT2D eigenvalue weighted by Crippen LogP contribution is 2.21. The zero-order chi connectivity index (χ0) is 13.4. The van der Waals surface area contributed by atoms with E-state index in [0.29, 0.717) is 0 Å². The van der Waals surface area contributed by atoms with Crippen LogP contribution in [0.15, 0.2) is 6.20 Å². The minimum atomic E-state index is -0.190. The number of hydrogen-bond acceptors (Lipinski definition) is 5. The van der Waals surface area contributed by atoms with Gasteiger partial charge in [-0.1, -0.05) is 0 Å². The lowest BCUT2D eigenvalue weighted by atomic mass is 10.2. The third-order valence-electron chi connectivity index (χ3n) is 2.85. The maximum atomic E-state index is 9.15. The van der Waals surface area contributed by atoms with Crippen LogP contribution in [0.2, 0.25) is 0 Å². The molecular formula is C13H25N3OS. The Morgan fingerprint density at radius 2 is 2.17 bits per heavy atom. The molecule has 0 aliphatic carbocycles. The summed E-state index contributed by atoms with van der Waals surface area (Å²) in [4.78, 5) is 7.99. The van der Waals surface area contributed by atoms with Gasteiger partial charge in [-0.25, -0.2) is 4.98 Å².